The van der Waals surface area contributed by atoms with Gasteiger partial charge < -0.3 is 23.7 Å². The number of rotatable bonds is 12. The summed E-state index contributed by atoms with van der Waals surface area (Å²) in [5, 5.41) is 0. The summed E-state index contributed by atoms with van der Waals surface area (Å²) >= 11 is 0. The quantitative estimate of drug-likeness (QED) is 0.220. The molecule has 35 heavy (non-hydrogen) atoms. The third kappa shape index (κ3) is 8.06. The molecule has 8 nitrogen and oxygen atoms in total. The molecule has 2 atom stereocenters. The number of methoxy groups -OCH3 is 1. The van der Waals surface area contributed by atoms with Gasteiger partial charge in [-0.3, -0.25) is 0 Å². The summed E-state index contributed by atoms with van der Waals surface area (Å²) in [7, 11) is 1.42. The lowest BCUT2D eigenvalue weighted by atomic mass is 10.2. The minimum absolute atomic E-state index is 0.167. The van der Waals surface area contributed by atoms with Gasteiger partial charge in [-0.15, -0.1) is 0 Å². The van der Waals surface area contributed by atoms with Crippen molar-refractivity contribution in [3.8, 4) is 0 Å². The Morgan fingerprint density at radius 3 is 1.43 bits per heavy atom. The van der Waals surface area contributed by atoms with E-state index < -0.39 is 30.1 Å². The van der Waals surface area contributed by atoms with Gasteiger partial charge in [-0.05, 0) is 36.4 Å². The summed E-state index contributed by atoms with van der Waals surface area (Å²) in [6.07, 6.45) is -2.06. The Bertz CT molecular complexity index is 1070. The van der Waals surface area contributed by atoms with Gasteiger partial charge in [-0.1, -0.05) is 54.6 Å². The molecule has 8 heteroatoms. The highest BCUT2D eigenvalue weighted by Crippen LogP contribution is 2.14. The van der Waals surface area contributed by atoms with Crippen molar-refractivity contribution >= 4 is 17.9 Å². The fraction of sp³-hybridized carbons (Fsp3) is 0.222. The van der Waals surface area contributed by atoms with Crippen LogP contribution in [-0.2, 0) is 23.7 Å². The van der Waals surface area contributed by atoms with E-state index in [-0.39, 0.29) is 20.0 Å². The van der Waals surface area contributed by atoms with Crippen molar-refractivity contribution in [2.24, 2.45) is 0 Å². The topological polar surface area (TPSA) is 97.4 Å². The van der Waals surface area contributed by atoms with Gasteiger partial charge in [0.2, 0.25) is 0 Å². The molecule has 3 rings (SSSR count). The second kappa shape index (κ2) is 13.6. The van der Waals surface area contributed by atoms with Crippen LogP contribution in [0.4, 0.5) is 0 Å². The van der Waals surface area contributed by atoms with Crippen LogP contribution in [0.1, 0.15) is 31.1 Å². The first-order valence-corrected chi connectivity index (χ1v) is 10.9. The van der Waals surface area contributed by atoms with E-state index in [1.54, 1.807) is 91.0 Å². The summed E-state index contributed by atoms with van der Waals surface area (Å²) in [4.78, 5) is 37.7. The van der Waals surface area contributed by atoms with Crippen LogP contribution in [0.3, 0.4) is 0 Å². The van der Waals surface area contributed by atoms with E-state index in [2.05, 4.69) is 0 Å². The largest absolute Gasteiger partial charge is 0.459 e. The Labute approximate surface area is 203 Å². The van der Waals surface area contributed by atoms with Gasteiger partial charge in [0.1, 0.15) is 26.1 Å². The van der Waals surface area contributed by atoms with E-state index in [1.165, 1.54) is 7.11 Å². The molecule has 3 aromatic rings. The monoisotopic (exact) mass is 478 g/mol. The molecular formula is C27H26O8. The third-order valence-electron chi connectivity index (χ3n) is 4.86. The molecule has 0 aliphatic rings. The van der Waals surface area contributed by atoms with Crippen LogP contribution in [0.25, 0.3) is 0 Å². The van der Waals surface area contributed by atoms with Gasteiger partial charge in [0.05, 0.1) is 16.7 Å². The summed E-state index contributed by atoms with van der Waals surface area (Å²) in [5.41, 5.74) is 0.996. The molecule has 0 aromatic heterocycles. The fourth-order valence-electron chi connectivity index (χ4n) is 3.05. The van der Waals surface area contributed by atoms with Gasteiger partial charge in [0.15, 0.2) is 6.10 Å². The molecule has 0 radical (unpaired) electrons. The van der Waals surface area contributed by atoms with Crippen molar-refractivity contribution < 1.29 is 38.1 Å². The van der Waals surface area contributed by atoms with Crippen LogP contribution < -0.4 is 0 Å². The number of hydrogen-bond donors (Lipinski definition) is 0. The maximum atomic E-state index is 12.8. The average molecular weight is 478 g/mol. The van der Waals surface area contributed by atoms with E-state index in [1.807, 2.05) is 0 Å². The van der Waals surface area contributed by atoms with Gasteiger partial charge in [0.25, 0.3) is 0 Å². The average Bonchev–Trinajstić information content (AvgIpc) is 2.92. The molecule has 2 unspecified atom stereocenters. The van der Waals surface area contributed by atoms with Crippen LogP contribution in [0.15, 0.2) is 91.0 Å². The summed E-state index contributed by atoms with van der Waals surface area (Å²) in [5.74, 6) is -1.82. The zero-order valence-corrected chi connectivity index (χ0v) is 19.2. The summed E-state index contributed by atoms with van der Waals surface area (Å²) in [6, 6.07) is 25.2. The number of hydrogen-bond acceptors (Lipinski definition) is 8. The molecular weight excluding hydrogens is 452 g/mol. The highest BCUT2D eigenvalue weighted by molar-refractivity contribution is 5.90. The first kappa shape index (κ1) is 25.6. The zero-order valence-electron chi connectivity index (χ0n) is 19.2. The third-order valence-corrected chi connectivity index (χ3v) is 4.86. The maximum absolute atomic E-state index is 12.8. The van der Waals surface area contributed by atoms with Gasteiger partial charge in [-0.25, -0.2) is 14.4 Å². The van der Waals surface area contributed by atoms with Crippen molar-refractivity contribution in [2.45, 2.75) is 12.2 Å². The predicted molar refractivity (Wildman–Crippen MR) is 126 cm³/mol. The van der Waals surface area contributed by atoms with Gasteiger partial charge in [-0.2, -0.15) is 0 Å². The second-order valence-electron chi connectivity index (χ2n) is 7.35. The maximum Gasteiger partial charge on any atom is 0.338 e. The summed E-state index contributed by atoms with van der Waals surface area (Å²) < 4.78 is 27.1. The molecule has 0 spiro atoms. The Balaban J connectivity index is 1.75. The Hall–Kier alpha value is -4.01. The SMILES string of the molecule is COCOC(COC(=O)c1ccccc1)C(COC(=O)c1ccccc1)OC(=O)c1ccccc1. The summed E-state index contributed by atoms with van der Waals surface area (Å²) in [6.45, 7) is -0.768. The van der Waals surface area contributed by atoms with Crippen LogP contribution >= 0.6 is 0 Å². The van der Waals surface area contributed by atoms with Crippen LogP contribution in [-0.4, -0.2) is 57.2 Å². The van der Waals surface area contributed by atoms with Crippen molar-refractivity contribution in [1.82, 2.24) is 0 Å². The molecule has 0 fully saturated rings. The first-order valence-electron chi connectivity index (χ1n) is 10.9. The molecule has 0 heterocycles. The zero-order chi connectivity index (χ0) is 24.9. The Morgan fingerprint density at radius 2 is 1.00 bits per heavy atom. The highest BCUT2D eigenvalue weighted by atomic mass is 16.7. The highest BCUT2D eigenvalue weighted by Gasteiger charge is 2.30. The van der Waals surface area contributed by atoms with Crippen molar-refractivity contribution in [3.05, 3.63) is 108 Å². The van der Waals surface area contributed by atoms with Gasteiger partial charge >= 0.3 is 17.9 Å². The Morgan fingerprint density at radius 1 is 0.600 bits per heavy atom. The number of ether oxygens (including phenoxy) is 5. The van der Waals surface area contributed by atoms with Gasteiger partial charge in [0, 0.05) is 7.11 Å². The molecule has 0 aliphatic heterocycles. The predicted octanol–water partition coefficient (Wildman–Crippen LogP) is 3.92. The lowest BCUT2D eigenvalue weighted by molar-refractivity contribution is -0.139. The standard InChI is InChI=1S/C27H26O8/c1-31-19-34-23(17-32-25(28)20-11-5-2-6-12-20)24(35-27(30)22-15-9-4-10-16-22)18-33-26(29)21-13-7-3-8-14-21/h2-16,23-24H,17-19H2,1H3. The molecule has 0 saturated carbocycles. The number of esters is 3. The van der Waals surface area contributed by atoms with Crippen LogP contribution in [0.2, 0.25) is 0 Å². The molecule has 0 aliphatic carbocycles. The van der Waals surface area contributed by atoms with Crippen molar-refractivity contribution in [1.29, 1.82) is 0 Å². The molecule has 0 amide bonds. The Kier molecular flexibility index (Phi) is 9.98. The molecule has 0 N–H and O–H groups in total. The normalized spacial score (nSPS) is 12.3. The molecule has 0 saturated heterocycles. The fourth-order valence-corrected chi connectivity index (χ4v) is 3.05. The smallest absolute Gasteiger partial charge is 0.338 e. The van der Waals surface area contributed by atoms with Crippen molar-refractivity contribution in [2.75, 3.05) is 27.1 Å². The number of benzene rings is 3. The van der Waals surface area contributed by atoms with Crippen molar-refractivity contribution in [3.63, 3.8) is 0 Å². The van der Waals surface area contributed by atoms with E-state index in [9.17, 15) is 14.4 Å². The van der Waals surface area contributed by atoms with Crippen LogP contribution in [0.5, 0.6) is 0 Å². The lowest BCUT2D eigenvalue weighted by Gasteiger charge is -2.26. The van der Waals surface area contributed by atoms with E-state index >= 15 is 0 Å². The van der Waals surface area contributed by atoms with E-state index in [0.29, 0.717) is 16.7 Å². The van der Waals surface area contributed by atoms with Crippen LogP contribution in [0, 0.1) is 0 Å². The number of carbonyl (C=O) groups excluding carboxylic acids is 3. The molecule has 0 bridgehead atoms. The minimum atomic E-state index is -1.09. The number of carbonyl (C=O) groups is 3. The lowest BCUT2D eigenvalue weighted by Crippen LogP contribution is -2.41. The molecule has 182 valence electrons. The van der Waals surface area contributed by atoms with E-state index in [0.717, 1.165) is 0 Å². The minimum Gasteiger partial charge on any atom is -0.459 e. The van der Waals surface area contributed by atoms with E-state index in [4.69, 9.17) is 23.7 Å². The second-order valence-corrected chi connectivity index (χ2v) is 7.35. The first-order chi connectivity index (χ1) is 17.1. The molecule has 3 aromatic carbocycles.